The summed E-state index contributed by atoms with van der Waals surface area (Å²) >= 11 is 0. The Morgan fingerprint density at radius 2 is 1.12 bits per heavy atom. The Balaban J connectivity index is 3.92. The van der Waals surface area contributed by atoms with Crippen LogP contribution in [0.3, 0.4) is 0 Å². The lowest BCUT2D eigenvalue weighted by atomic mass is 10.0. The molecule has 0 radical (unpaired) electrons. The SMILES string of the molecule is CCCCC/C=C\C/C=C\CCCCCCCCCCCC(=O)OC(CCCCC)CCCCCC(=O)NCC(=O)NC(CO)C(=O)O. The van der Waals surface area contributed by atoms with Crippen LogP contribution in [0, 0.1) is 0 Å². The number of aliphatic carboxylic acids is 1. The first kappa shape index (κ1) is 45.3. The summed E-state index contributed by atoms with van der Waals surface area (Å²) in [5.74, 6) is -2.40. The molecular weight excluding hydrogens is 608 g/mol. The van der Waals surface area contributed by atoms with E-state index in [1.807, 2.05) is 0 Å². The van der Waals surface area contributed by atoms with Gasteiger partial charge >= 0.3 is 11.9 Å². The highest BCUT2D eigenvalue weighted by molar-refractivity contribution is 5.87. The van der Waals surface area contributed by atoms with Crippen molar-refractivity contribution in [2.75, 3.05) is 13.2 Å². The largest absolute Gasteiger partial charge is 0.480 e. The van der Waals surface area contributed by atoms with E-state index < -0.39 is 24.5 Å². The number of carboxylic acids is 1. The number of rotatable bonds is 34. The third kappa shape index (κ3) is 30.6. The predicted octanol–water partition coefficient (Wildman–Crippen LogP) is 8.48. The quantitative estimate of drug-likeness (QED) is 0.0304. The summed E-state index contributed by atoms with van der Waals surface area (Å²) in [6, 6.07) is -1.39. The maximum atomic E-state index is 12.5. The van der Waals surface area contributed by atoms with Crippen molar-refractivity contribution in [3.05, 3.63) is 24.3 Å². The fourth-order valence-electron chi connectivity index (χ4n) is 5.45. The zero-order valence-corrected chi connectivity index (χ0v) is 30.5. The molecule has 0 aliphatic carbocycles. The second-order valence-corrected chi connectivity index (χ2v) is 13.0. The van der Waals surface area contributed by atoms with E-state index in [4.69, 9.17) is 14.9 Å². The van der Waals surface area contributed by atoms with E-state index in [1.165, 1.54) is 77.0 Å². The van der Waals surface area contributed by atoms with Crippen LogP contribution in [0.2, 0.25) is 0 Å². The molecule has 0 aliphatic heterocycles. The zero-order chi connectivity index (χ0) is 35.5. The number of carbonyl (C=O) groups is 4. The normalized spacial score (nSPS) is 12.7. The van der Waals surface area contributed by atoms with Gasteiger partial charge in [-0.3, -0.25) is 14.4 Å². The number of ether oxygens (including phenoxy) is 1. The lowest BCUT2D eigenvalue weighted by Gasteiger charge is -2.18. The highest BCUT2D eigenvalue weighted by Gasteiger charge is 2.19. The summed E-state index contributed by atoms with van der Waals surface area (Å²) in [5, 5.41) is 22.4. The number of carboxylic acid groups (broad SMARTS) is 1. The van der Waals surface area contributed by atoms with Gasteiger partial charge in [-0.05, 0) is 70.6 Å². The summed E-state index contributed by atoms with van der Waals surface area (Å²) in [6.45, 7) is 3.34. The average molecular weight is 679 g/mol. The third-order valence-electron chi connectivity index (χ3n) is 8.45. The molecule has 48 heavy (non-hydrogen) atoms. The van der Waals surface area contributed by atoms with E-state index in [0.717, 1.165) is 64.2 Å². The smallest absolute Gasteiger partial charge is 0.328 e. The van der Waals surface area contributed by atoms with Gasteiger partial charge in [-0.2, -0.15) is 0 Å². The number of amides is 2. The van der Waals surface area contributed by atoms with Crippen molar-refractivity contribution in [2.45, 2.75) is 187 Å². The molecular formula is C39H70N2O7. The summed E-state index contributed by atoms with van der Waals surface area (Å²) in [7, 11) is 0. The molecule has 0 heterocycles. The van der Waals surface area contributed by atoms with Crippen LogP contribution in [-0.2, 0) is 23.9 Å². The van der Waals surface area contributed by atoms with E-state index in [1.54, 1.807) is 0 Å². The van der Waals surface area contributed by atoms with Crippen molar-refractivity contribution >= 4 is 23.8 Å². The van der Waals surface area contributed by atoms with Crippen LogP contribution < -0.4 is 10.6 Å². The number of carbonyl (C=O) groups excluding carboxylic acids is 3. The molecule has 0 aromatic carbocycles. The van der Waals surface area contributed by atoms with E-state index in [2.05, 4.69) is 48.8 Å². The summed E-state index contributed by atoms with van der Waals surface area (Å²) in [6.07, 6.45) is 35.3. The summed E-state index contributed by atoms with van der Waals surface area (Å²) in [5.41, 5.74) is 0. The lowest BCUT2D eigenvalue weighted by Crippen LogP contribution is -2.47. The van der Waals surface area contributed by atoms with Crippen molar-refractivity contribution in [1.29, 1.82) is 0 Å². The number of nitrogens with one attached hydrogen (secondary N) is 2. The number of unbranched alkanes of at least 4 members (excludes halogenated alkanes) is 16. The number of aliphatic hydroxyl groups excluding tert-OH is 1. The van der Waals surface area contributed by atoms with Gasteiger partial charge in [0.25, 0.3) is 0 Å². The van der Waals surface area contributed by atoms with Crippen molar-refractivity contribution in [3.63, 3.8) is 0 Å². The number of aliphatic hydroxyl groups is 1. The van der Waals surface area contributed by atoms with Crippen LogP contribution in [0.4, 0.5) is 0 Å². The summed E-state index contributed by atoms with van der Waals surface area (Å²) in [4.78, 5) is 47.2. The minimum atomic E-state index is -1.39. The Morgan fingerprint density at radius 3 is 1.71 bits per heavy atom. The standard InChI is InChI=1S/C39H70N2O7/c1-3-5-7-8-9-10-11-12-13-14-15-16-17-18-19-20-21-22-27-31-38(45)48-34(28-24-6-4-2)29-25-23-26-30-36(43)40-32-37(44)41-35(33-42)39(46)47/h9-10,12-13,34-35,42H,3-8,11,14-33H2,1-2H3,(H,40,43)(H,41,44)(H,46,47)/b10-9-,13-12-. The number of allylic oxidation sites excluding steroid dienone is 4. The highest BCUT2D eigenvalue weighted by atomic mass is 16.5. The minimum Gasteiger partial charge on any atom is -0.480 e. The molecule has 2 amide bonds. The van der Waals surface area contributed by atoms with Gasteiger partial charge in [-0.25, -0.2) is 4.79 Å². The Labute approximate surface area is 292 Å². The van der Waals surface area contributed by atoms with Gasteiger partial charge in [-0.1, -0.05) is 115 Å². The molecule has 0 aromatic heterocycles. The molecule has 2 unspecified atom stereocenters. The molecule has 4 N–H and O–H groups in total. The molecule has 2 atom stereocenters. The number of hydrogen-bond donors (Lipinski definition) is 4. The summed E-state index contributed by atoms with van der Waals surface area (Å²) < 4.78 is 5.85. The third-order valence-corrected chi connectivity index (χ3v) is 8.45. The highest BCUT2D eigenvalue weighted by Crippen LogP contribution is 2.17. The van der Waals surface area contributed by atoms with E-state index in [0.29, 0.717) is 12.8 Å². The number of hydrogen-bond acceptors (Lipinski definition) is 6. The Bertz CT molecular complexity index is 874. The van der Waals surface area contributed by atoms with Crippen LogP contribution in [0.25, 0.3) is 0 Å². The van der Waals surface area contributed by atoms with Crippen LogP contribution in [0.15, 0.2) is 24.3 Å². The molecule has 278 valence electrons. The van der Waals surface area contributed by atoms with Crippen LogP contribution in [0.5, 0.6) is 0 Å². The first-order valence-electron chi connectivity index (χ1n) is 19.2. The van der Waals surface area contributed by atoms with Gasteiger partial charge in [-0.15, -0.1) is 0 Å². The van der Waals surface area contributed by atoms with E-state index >= 15 is 0 Å². The van der Waals surface area contributed by atoms with E-state index in [9.17, 15) is 19.2 Å². The average Bonchev–Trinajstić information content (AvgIpc) is 3.06. The van der Waals surface area contributed by atoms with Crippen LogP contribution in [0.1, 0.15) is 174 Å². The monoisotopic (exact) mass is 679 g/mol. The molecule has 0 bridgehead atoms. The Kier molecular flexibility index (Phi) is 32.3. The van der Waals surface area contributed by atoms with Gasteiger partial charge in [0.05, 0.1) is 13.2 Å². The molecule has 0 aliphatic rings. The molecule has 9 nitrogen and oxygen atoms in total. The fourth-order valence-corrected chi connectivity index (χ4v) is 5.45. The minimum absolute atomic E-state index is 0.0806. The molecule has 0 saturated heterocycles. The zero-order valence-electron chi connectivity index (χ0n) is 30.5. The topological polar surface area (TPSA) is 142 Å². The second kappa shape index (κ2) is 34.2. The molecule has 0 saturated carbocycles. The van der Waals surface area contributed by atoms with Crippen molar-refractivity contribution in [1.82, 2.24) is 10.6 Å². The second-order valence-electron chi connectivity index (χ2n) is 13.0. The molecule has 0 fully saturated rings. The van der Waals surface area contributed by atoms with Crippen LogP contribution in [-0.4, -0.2) is 59.3 Å². The molecule has 0 aromatic rings. The van der Waals surface area contributed by atoms with Gasteiger partial charge < -0.3 is 25.6 Å². The first-order chi connectivity index (χ1) is 23.3. The fraction of sp³-hybridized carbons (Fsp3) is 0.795. The van der Waals surface area contributed by atoms with Crippen LogP contribution >= 0.6 is 0 Å². The van der Waals surface area contributed by atoms with E-state index in [-0.39, 0.29) is 30.9 Å². The van der Waals surface area contributed by atoms with Crippen molar-refractivity contribution < 1.29 is 34.1 Å². The lowest BCUT2D eigenvalue weighted by molar-refractivity contribution is -0.150. The van der Waals surface area contributed by atoms with Gasteiger partial charge in [0.15, 0.2) is 0 Å². The maximum absolute atomic E-state index is 12.5. The molecule has 9 heteroatoms. The van der Waals surface area contributed by atoms with Gasteiger partial charge in [0.2, 0.25) is 11.8 Å². The van der Waals surface area contributed by atoms with Crippen molar-refractivity contribution in [2.24, 2.45) is 0 Å². The van der Waals surface area contributed by atoms with Gasteiger partial charge in [0.1, 0.15) is 12.1 Å². The van der Waals surface area contributed by atoms with Crippen molar-refractivity contribution in [3.8, 4) is 0 Å². The van der Waals surface area contributed by atoms with Gasteiger partial charge in [0, 0.05) is 12.8 Å². The number of esters is 1. The Morgan fingerprint density at radius 1 is 0.625 bits per heavy atom. The molecule has 0 rings (SSSR count). The molecule has 0 spiro atoms. The predicted molar refractivity (Wildman–Crippen MR) is 195 cm³/mol. The maximum Gasteiger partial charge on any atom is 0.328 e. The Hall–Kier alpha value is -2.68. The first-order valence-corrected chi connectivity index (χ1v) is 19.2.